The van der Waals surface area contributed by atoms with E-state index < -0.39 is 6.04 Å². The van der Waals surface area contributed by atoms with Gasteiger partial charge in [0, 0.05) is 32.4 Å². The first-order valence-corrected chi connectivity index (χ1v) is 7.63. The van der Waals surface area contributed by atoms with Crippen LogP contribution in [0.1, 0.15) is 30.0 Å². The molecule has 0 spiro atoms. The van der Waals surface area contributed by atoms with Crippen molar-refractivity contribution in [2.24, 2.45) is 5.73 Å². The van der Waals surface area contributed by atoms with Crippen molar-refractivity contribution in [2.75, 3.05) is 31.6 Å². The van der Waals surface area contributed by atoms with Crippen molar-refractivity contribution in [1.82, 2.24) is 5.32 Å². The molecule has 0 bridgehead atoms. The monoisotopic (exact) mass is 289 g/mol. The minimum atomic E-state index is -0.439. The Morgan fingerprint density at radius 2 is 2.43 bits per heavy atom. The van der Waals surface area contributed by atoms with Gasteiger partial charge in [-0.15, -0.1) is 0 Å². The van der Waals surface area contributed by atoms with Crippen molar-refractivity contribution in [3.63, 3.8) is 0 Å². The average Bonchev–Trinajstić information content (AvgIpc) is 3.09. The quantitative estimate of drug-likeness (QED) is 0.848. The molecule has 1 aromatic rings. The molecule has 21 heavy (non-hydrogen) atoms. The summed E-state index contributed by atoms with van der Waals surface area (Å²) in [6.45, 7) is 2.52. The number of carbonyl (C=O) groups is 1. The van der Waals surface area contributed by atoms with E-state index in [0.29, 0.717) is 6.54 Å². The lowest BCUT2D eigenvalue weighted by Gasteiger charge is -2.20. The number of anilines is 1. The maximum absolute atomic E-state index is 11.8. The van der Waals surface area contributed by atoms with E-state index >= 15 is 0 Å². The van der Waals surface area contributed by atoms with Crippen LogP contribution in [-0.2, 0) is 16.0 Å². The summed E-state index contributed by atoms with van der Waals surface area (Å²) in [5, 5.41) is 3.27. The van der Waals surface area contributed by atoms with Crippen LogP contribution in [0.3, 0.4) is 0 Å². The second-order valence-electron chi connectivity index (χ2n) is 5.94. The minimum absolute atomic E-state index is 0.201. The summed E-state index contributed by atoms with van der Waals surface area (Å²) in [4.78, 5) is 14.0. The molecule has 0 saturated carbocycles. The predicted molar refractivity (Wildman–Crippen MR) is 82.3 cm³/mol. The number of likely N-dealkylation sites (N-methyl/N-ethyl adjacent to an activating group) is 1. The largest absolute Gasteiger partial charge is 0.377 e. The third-order valence-corrected chi connectivity index (χ3v) is 4.42. The second kappa shape index (κ2) is 6.03. The van der Waals surface area contributed by atoms with E-state index in [4.69, 9.17) is 10.5 Å². The molecule has 5 nitrogen and oxygen atoms in total. The Bertz CT molecular complexity index is 526. The molecule has 2 aliphatic rings. The van der Waals surface area contributed by atoms with Crippen LogP contribution >= 0.6 is 0 Å². The van der Waals surface area contributed by atoms with Gasteiger partial charge in [-0.25, -0.2) is 0 Å². The summed E-state index contributed by atoms with van der Waals surface area (Å²) in [7, 11) is 2.09. The number of nitrogens with two attached hydrogens (primary N) is 1. The van der Waals surface area contributed by atoms with Gasteiger partial charge in [0.15, 0.2) is 0 Å². The standard InChI is InChI=1S/C16H23N3O2/c1-19-7-6-11-9-12(4-5-14(11)19)15(16(17)20)18-10-13-3-2-8-21-13/h4-5,9,13,15,18H,2-3,6-8,10H2,1H3,(H2,17,20). The predicted octanol–water partition coefficient (Wildman–Crippen LogP) is 0.974. The fourth-order valence-corrected chi connectivity index (χ4v) is 3.20. The smallest absolute Gasteiger partial charge is 0.239 e. The number of rotatable bonds is 5. The lowest BCUT2D eigenvalue weighted by Crippen LogP contribution is -2.37. The molecule has 114 valence electrons. The molecular formula is C16H23N3O2. The van der Waals surface area contributed by atoms with Gasteiger partial charge in [-0.2, -0.15) is 0 Å². The van der Waals surface area contributed by atoms with Crippen molar-refractivity contribution >= 4 is 11.6 Å². The zero-order chi connectivity index (χ0) is 14.8. The maximum Gasteiger partial charge on any atom is 0.239 e. The molecule has 2 aliphatic heterocycles. The van der Waals surface area contributed by atoms with Crippen molar-refractivity contribution < 1.29 is 9.53 Å². The van der Waals surface area contributed by atoms with E-state index in [0.717, 1.165) is 38.0 Å². The maximum atomic E-state index is 11.8. The highest BCUT2D eigenvalue weighted by atomic mass is 16.5. The van der Waals surface area contributed by atoms with Crippen molar-refractivity contribution in [3.05, 3.63) is 29.3 Å². The van der Waals surface area contributed by atoms with Crippen LogP contribution in [0.4, 0.5) is 5.69 Å². The molecule has 0 radical (unpaired) electrons. The van der Waals surface area contributed by atoms with E-state index in [-0.39, 0.29) is 12.0 Å². The number of primary amides is 1. The Morgan fingerprint density at radius 3 is 3.14 bits per heavy atom. The highest BCUT2D eigenvalue weighted by molar-refractivity contribution is 5.82. The van der Waals surface area contributed by atoms with Crippen LogP contribution in [0.2, 0.25) is 0 Å². The number of nitrogens with one attached hydrogen (secondary N) is 1. The average molecular weight is 289 g/mol. The van der Waals surface area contributed by atoms with Crippen LogP contribution in [0.25, 0.3) is 0 Å². The molecule has 1 amide bonds. The summed E-state index contributed by atoms with van der Waals surface area (Å²) in [6, 6.07) is 5.75. The van der Waals surface area contributed by atoms with E-state index in [2.05, 4.69) is 29.4 Å². The van der Waals surface area contributed by atoms with Crippen LogP contribution < -0.4 is 16.0 Å². The SMILES string of the molecule is CN1CCc2cc(C(NCC3CCCO3)C(N)=O)ccc21. The molecule has 0 aliphatic carbocycles. The van der Waals surface area contributed by atoms with Gasteiger partial charge in [0.25, 0.3) is 0 Å². The van der Waals surface area contributed by atoms with E-state index in [1.807, 2.05) is 6.07 Å². The van der Waals surface area contributed by atoms with E-state index in [9.17, 15) is 4.79 Å². The van der Waals surface area contributed by atoms with Crippen LogP contribution in [-0.4, -0.2) is 38.8 Å². The number of hydrogen-bond donors (Lipinski definition) is 2. The van der Waals surface area contributed by atoms with Gasteiger partial charge in [0.05, 0.1) is 6.10 Å². The summed E-state index contributed by atoms with van der Waals surface area (Å²) in [6.07, 6.45) is 3.37. The Balaban J connectivity index is 1.73. The third kappa shape index (κ3) is 3.04. The first-order valence-electron chi connectivity index (χ1n) is 7.63. The molecule has 3 rings (SSSR count). The van der Waals surface area contributed by atoms with Gasteiger partial charge >= 0.3 is 0 Å². The van der Waals surface area contributed by atoms with Gasteiger partial charge in [-0.1, -0.05) is 12.1 Å². The zero-order valence-electron chi connectivity index (χ0n) is 12.5. The Hall–Kier alpha value is -1.59. The fourth-order valence-electron chi connectivity index (χ4n) is 3.20. The summed E-state index contributed by atoms with van der Waals surface area (Å²) in [5.41, 5.74) is 9.07. The lowest BCUT2D eigenvalue weighted by molar-refractivity contribution is -0.120. The fraction of sp³-hybridized carbons (Fsp3) is 0.562. The summed E-state index contributed by atoms with van der Waals surface area (Å²) >= 11 is 0. The molecule has 3 N–H and O–H groups in total. The Labute approximate surface area is 125 Å². The first-order chi connectivity index (χ1) is 10.1. The van der Waals surface area contributed by atoms with Crippen LogP contribution in [0.15, 0.2) is 18.2 Å². The molecule has 0 aromatic heterocycles. The Morgan fingerprint density at radius 1 is 1.57 bits per heavy atom. The van der Waals surface area contributed by atoms with Crippen LogP contribution in [0.5, 0.6) is 0 Å². The van der Waals surface area contributed by atoms with Gasteiger partial charge in [0.1, 0.15) is 6.04 Å². The highest BCUT2D eigenvalue weighted by Crippen LogP contribution is 2.29. The second-order valence-corrected chi connectivity index (χ2v) is 5.94. The van der Waals surface area contributed by atoms with E-state index in [1.165, 1.54) is 11.3 Å². The first kappa shape index (κ1) is 14.4. The number of ether oxygens (including phenoxy) is 1. The summed E-state index contributed by atoms with van der Waals surface area (Å²) in [5.74, 6) is -0.334. The molecule has 2 unspecified atom stereocenters. The molecule has 1 saturated heterocycles. The Kier molecular flexibility index (Phi) is 4.12. The zero-order valence-corrected chi connectivity index (χ0v) is 12.5. The van der Waals surface area contributed by atoms with Crippen molar-refractivity contribution in [3.8, 4) is 0 Å². The van der Waals surface area contributed by atoms with Crippen molar-refractivity contribution in [1.29, 1.82) is 0 Å². The van der Waals surface area contributed by atoms with Gasteiger partial charge in [0.2, 0.25) is 5.91 Å². The molecule has 5 heteroatoms. The molecule has 1 fully saturated rings. The van der Waals surface area contributed by atoms with Crippen molar-refractivity contribution in [2.45, 2.75) is 31.4 Å². The van der Waals surface area contributed by atoms with Crippen LogP contribution in [0, 0.1) is 0 Å². The molecule has 2 atom stereocenters. The normalized spacial score (nSPS) is 22.3. The van der Waals surface area contributed by atoms with Gasteiger partial charge < -0.3 is 15.4 Å². The lowest BCUT2D eigenvalue weighted by atomic mass is 10.0. The molecular weight excluding hydrogens is 266 g/mol. The third-order valence-electron chi connectivity index (χ3n) is 4.42. The number of hydrogen-bond acceptors (Lipinski definition) is 4. The highest BCUT2D eigenvalue weighted by Gasteiger charge is 2.24. The van der Waals surface area contributed by atoms with E-state index in [1.54, 1.807) is 0 Å². The number of carbonyl (C=O) groups excluding carboxylic acids is 1. The molecule has 1 aromatic carbocycles. The minimum Gasteiger partial charge on any atom is -0.377 e. The van der Waals surface area contributed by atoms with Gasteiger partial charge in [-0.05, 0) is 36.5 Å². The number of fused-ring (bicyclic) bond motifs is 1. The topological polar surface area (TPSA) is 67.6 Å². The number of amides is 1. The number of nitrogens with zero attached hydrogens (tertiary/aromatic N) is 1. The number of benzene rings is 1. The van der Waals surface area contributed by atoms with Gasteiger partial charge in [-0.3, -0.25) is 10.1 Å². The molecule has 2 heterocycles. The summed E-state index contributed by atoms with van der Waals surface area (Å²) < 4.78 is 5.59.